The Morgan fingerprint density at radius 2 is 2.15 bits per heavy atom. The van der Waals surface area contributed by atoms with Gasteiger partial charge in [0.05, 0.1) is 6.10 Å². The molecule has 1 aliphatic rings. The van der Waals surface area contributed by atoms with Gasteiger partial charge in [-0.25, -0.2) is 13.2 Å². The third-order valence-corrected chi connectivity index (χ3v) is 5.72. The lowest BCUT2D eigenvalue weighted by Gasteiger charge is -2.22. The molecular formula is C16H24N2O7S. The number of sulfonamides is 1. The lowest BCUT2D eigenvalue weighted by Crippen LogP contribution is -2.46. The topological polar surface area (TPSA) is 126 Å². The van der Waals surface area contributed by atoms with Gasteiger partial charge in [0.25, 0.3) is 10.0 Å². The van der Waals surface area contributed by atoms with Crippen LogP contribution in [0.15, 0.2) is 21.6 Å². The van der Waals surface area contributed by atoms with Gasteiger partial charge in [-0.15, -0.1) is 0 Å². The first-order valence-corrected chi connectivity index (χ1v) is 9.91. The maximum Gasteiger partial charge on any atom is 0.371 e. The average Bonchev–Trinajstić information content (AvgIpc) is 3.23. The largest absolute Gasteiger partial charge is 0.475 e. The minimum atomic E-state index is -4.07. The number of carbonyl (C=O) groups excluding carboxylic acids is 1. The van der Waals surface area contributed by atoms with Crippen molar-refractivity contribution in [3.05, 3.63) is 17.9 Å². The summed E-state index contributed by atoms with van der Waals surface area (Å²) in [5, 5.41) is 11.1. The van der Waals surface area contributed by atoms with E-state index in [1.807, 2.05) is 13.8 Å². The Kier molecular flexibility index (Phi) is 6.79. The standard InChI is InChI=1S/C16H24N2O7S/c1-11(2)24-10-4-8-17-15(19)12-5-3-9-18(12)26(22,23)14-7-6-13(25-14)16(20)21/h6-7,11-12H,3-5,8-10H2,1-2H3,(H,17,19)(H,20,21). The molecule has 1 unspecified atom stereocenters. The van der Waals surface area contributed by atoms with E-state index >= 15 is 0 Å². The Balaban J connectivity index is 1.99. The van der Waals surface area contributed by atoms with E-state index in [0.717, 1.165) is 16.4 Å². The summed E-state index contributed by atoms with van der Waals surface area (Å²) in [7, 11) is -4.07. The molecule has 0 saturated carbocycles. The van der Waals surface area contributed by atoms with Crippen LogP contribution >= 0.6 is 0 Å². The molecule has 1 atom stereocenters. The van der Waals surface area contributed by atoms with Crippen LogP contribution in [0.5, 0.6) is 0 Å². The van der Waals surface area contributed by atoms with Gasteiger partial charge in [-0.1, -0.05) is 0 Å². The summed E-state index contributed by atoms with van der Waals surface area (Å²) in [5.41, 5.74) is 0. The van der Waals surface area contributed by atoms with Gasteiger partial charge in [0.2, 0.25) is 16.8 Å². The number of hydrogen-bond donors (Lipinski definition) is 2. The van der Waals surface area contributed by atoms with Gasteiger partial charge < -0.3 is 19.6 Å². The summed E-state index contributed by atoms with van der Waals surface area (Å²) in [5.74, 6) is -2.19. The molecule has 26 heavy (non-hydrogen) atoms. The monoisotopic (exact) mass is 388 g/mol. The zero-order chi connectivity index (χ0) is 19.3. The van der Waals surface area contributed by atoms with E-state index in [0.29, 0.717) is 32.4 Å². The lowest BCUT2D eigenvalue weighted by molar-refractivity contribution is -0.124. The highest BCUT2D eigenvalue weighted by molar-refractivity contribution is 7.89. The minimum Gasteiger partial charge on any atom is -0.475 e. The van der Waals surface area contributed by atoms with Gasteiger partial charge in [0.15, 0.2) is 0 Å². The van der Waals surface area contributed by atoms with Crippen molar-refractivity contribution in [1.82, 2.24) is 9.62 Å². The van der Waals surface area contributed by atoms with Crippen LogP contribution in [0.2, 0.25) is 0 Å². The fourth-order valence-electron chi connectivity index (χ4n) is 2.70. The van der Waals surface area contributed by atoms with Crippen molar-refractivity contribution < 1.29 is 32.3 Å². The molecule has 0 bridgehead atoms. The zero-order valence-electron chi connectivity index (χ0n) is 14.8. The SMILES string of the molecule is CC(C)OCCCNC(=O)C1CCCN1S(=O)(=O)c1ccc(C(=O)O)o1. The molecule has 1 saturated heterocycles. The summed E-state index contributed by atoms with van der Waals surface area (Å²) in [6.07, 6.45) is 1.69. The zero-order valence-corrected chi connectivity index (χ0v) is 15.6. The van der Waals surface area contributed by atoms with Crippen LogP contribution in [-0.2, 0) is 19.6 Å². The van der Waals surface area contributed by atoms with E-state index < -0.39 is 32.9 Å². The Morgan fingerprint density at radius 3 is 2.77 bits per heavy atom. The number of hydrogen-bond acceptors (Lipinski definition) is 6. The number of rotatable bonds is 9. The Hall–Kier alpha value is -1.91. The highest BCUT2D eigenvalue weighted by Gasteiger charge is 2.41. The third kappa shape index (κ3) is 4.83. The van der Waals surface area contributed by atoms with Crippen LogP contribution < -0.4 is 5.32 Å². The van der Waals surface area contributed by atoms with E-state index in [2.05, 4.69) is 5.32 Å². The predicted octanol–water partition coefficient (Wildman–Crippen LogP) is 1.06. The number of nitrogens with one attached hydrogen (secondary N) is 1. The molecule has 2 rings (SSSR count). The molecule has 1 amide bonds. The molecule has 1 aliphatic heterocycles. The van der Waals surface area contributed by atoms with Crippen molar-refractivity contribution in [2.24, 2.45) is 0 Å². The second kappa shape index (κ2) is 8.65. The fourth-order valence-corrected chi connectivity index (χ4v) is 4.27. The van der Waals surface area contributed by atoms with Gasteiger partial charge >= 0.3 is 5.97 Å². The molecule has 0 aromatic carbocycles. The second-order valence-electron chi connectivity index (χ2n) is 6.26. The first-order chi connectivity index (χ1) is 12.2. The van der Waals surface area contributed by atoms with Gasteiger partial charge in [0.1, 0.15) is 6.04 Å². The van der Waals surface area contributed by atoms with Crippen molar-refractivity contribution in [1.29, 1.82) is 0 Å². The summed E-state index contributed by atoms with van der Waals surface area (Å²) >= 11 is 0. The number of carboxylic acid groups (broad SMARTS) is 1. The van der Waals surface area contributed by atoms with Crippen LogP contribution in [0.4, 0.5) is 0 Å². The molecule has 146 valence electrons. The maximum absolute atomic E-state index is 12.7. The van der Waals surface area contributed by atoms with Crippen molar-refractivity contribution in [2.45, 2.75) is 50.3 Å². The minimum absolute atomic E-state index is 0.116. The van der Waals surface area contributed by atoms with E-state index in [9.17, 15) is 18.0 Å². The first kappa shape index (κ1) is 20.4. The molecule has 9 nitrogen and oxygen atoms in total. The number of carboxylic acids is 1. The molecule has 1 aromatic rings. The van der Waals surface area contributed by atoms with Crippen LogP contribution in [0.3, 0.4) is 0 Å². The maximum atomic E-state index is 12.7. The van der Waals surface area contributed by atoms with Gasteiger partial charge in [-0.3, -0.25) is 4.79 Å². The van der Waals surface area contributed by atoms with Crippen LogP contribution in [0.1, 0.15) is 43.7 Å². The molecule has 0 spiro atoms. The Morgan fingerprint density at radius 1 is 1.42 bits per heavy atom. The molecular weight excluding hydrogens is 364 g/mol. The van der Waals surface area contributed by atoms with Crippen LogP contribution in [-0.4, -0.2) is 61.5 Å². The number of furan rings is 1. The summed E-state index contributed by atoms with van der Waals surface area (Å²) < 4.78 is 36.7. The van der Waals surface area contributed by atoms with Crippen LogP contribution in [0, 0.1) is 0 Å². The van der Waals surface area contributed by atoms with Crippen molar-refractivity contribution >= 4 is 21.9 Å². The first-order valence-electron chi connectivity index (χ1n) is 8.47. The summed E-state index contributed by atoms with van der Waals surface area (Å²) in [6.45, 7) is 4.92. The fraction of sp³-hybridized carbons (Fsp3) is 0.625. The highest BCUT2D eigenvalue weighted by Crippen LogP contribution is 2.27. The molecule has 1 aromatic heterocycles. The lowest BCUT2D eigenvalue weighted by atomic mass is 10.2. The number of ether oxygens (including phenoxy) is 1. The Labute approximate surface area is 152 Å². The predicted molar refractivity (Wildman–Crippen MR) is 91.3 cm³/mol. The highest BCUT2D eigenvalue weighted by atomic mass is 32.2. The number of carbonyl (C=O) groups is 2. The van der Waals surface area contributed by atoms with Crippen molar-refractivity contribution in [2.75, 3.05) is 19.7 Å². The van der Waals surface area contributed by atoms with E-state index in [1.165, 1.54) is 0 Å². The van der Waals surface area contributed by atoms with Crippen LogP contribution in [0.25, 0.3) is 0 Å². The van der Waals surface area contributed by atoms with Crippen molar-refractivity contribution in [3.63, 3.8) is 0 Å². The number of aromatic carboxylic acids is 1. The molecule has 1 fully saturated rings. The average molecular weight is 388 g/mol. The normalized spacial score (nSPS) is 18.3. The summed E-state index contributed by atoms with van der Waals surface area (Å²) in [6, 6.07) is 1.34. The quantitative estimate of drug-likeness (QED) is 0.606. The third-order valence-electron chi connectivity index (χ3n) is 3.93. The Bertz CT molecular complexity index is 742. The van der Waals surface area contributed by atoms with E-state index in [4.69, 9.17) is 14.3 Å². The van der Waals surface area contributed by atoms with Gasteiger partial charge in [-0.2, -0.15) is 4.31 Å². The second-order valence-corrected chi connectivity index (χ2v) is 8.08. The molecule has 2 heterocycles. The summed E-state index contributed by atoms with van der Waals surface area (Å²) in [4.78, 5) is 23.2. The molecule has 0 aliphatic carbocycles. The van der Waals surface area contributed by atoms with Crippen molar-refractivity contribution in [3.8, 4) is 0 Å². The number of amides is 1. The van der Waals surface area contributed by atoms with Gasteiger partial charge in [0, 0.05) is 19.7 Å². The van der Waals surface area contributed by atoms with Gasteiger partial charge in [-0.05, 0) is 45.2 Å². The molecule has 10 heteroatoms. The molecule has 2 N–H and O–H groups in total. The smallest absolute Gasteiger partial charge is 0.371 e. The van der Waals surface area contributed by atoms with E-state index in [1.54, 1.807) is 0 Å². The number of nitrogens with zero attached hydrogens (tertiary/aromatic N) is 1. The molecule has 0 radical (unpaired) electrons. The van der Waals surface area contributed by atoms with E-state index in [-0.39, 0.29) is 18.6 Å².